The Labute approximate surface area is 219 Å². The van der Waals surface area contributed by atoms with Crippen LogP contribution in [0.15, 0.2) is 59.1 Å². The molecule has 3 aromatic rings. The van der Waals surface area contributed by atoms with Crippen LogP contribution in [0.5, 0.6) is 0 Å². The maximum atomic E-state index is 12.6. The van der Waals surface area contributed by atoms with Crippen molar-refractivity contribution >= 4 is 45.1 Å². The lowest BCUT2D eigenvalue weighted by Crippen LogP contribution is -2.34. The van der Waals surface area contributed by atoms with Crippen LogP contribution in [0.1, 0.15) is 43.8 Å². The zero-order valence-corrected chi connectivity index (χ0v) is 22.1. The smallest absolute Gasteiger partial charge is 0.258 e. The summed E-state index contributed by atoms with van der Waals surface area (Å²) in [6, 6.07) is 9.40. The first kappa shape index (κ1) is 25.1. The van der Waals surface area contributed by atoms with E-state index in [1.54, 1.807) is 11.4 Å². The minimum atomic E-state index is -3.24. The number of hydrogen-bond donors (Lipinski definition) is 2. The van der Waals surface area contributed by atoms with Crippen molar-refractivity contribution in [2.24, 2.45) is 5.73 Å². The number of hydrogen-bond acceptors (Lipinski definition) is 6. The predicted molar refractivity (Wildman–Crippen MR) is 146 cm³/mol. The summed E-state index contributed by atoms with van der Waals surface area (Å²) >= 11 is 1.22. The van der Waals surface area contributed by atoms with Gasteiger partial charge in [-0.15, -0.1) is 0 Å². The standard InChI is InChI=1S/C27H26N4O4S2/c1-16-20(4-3-5-25(16)30-27(33)19-14-29-36-15-19)21-6-7-22(26(28)32)24-13-18(12-23(21)24)17-8-10-31(11-9-17)37(2,34)35/h3-8,12,14-15H,9-11,13H2,1-2H3,(H2,28,32)(H,30,33). The topological polar surface area (TPSA) is 122 Å². The molecule has 0 atom stereocenters. The average molecular weight is 535 g/mol. The maximum Gasteiger partial charge on any atom is 0.258 e. The minimum absolute atomic E-state index is 0.224. The third-order valence-electron chi connectivity index (χ3n) is 6.93. The highest BCUT2D eigenvalue weighted by Crippen LogP contribution is 2.41. The van der Waals surface area contributed by atoms with Gasteiger partial charge < -0.3 is 11.1 Å². The van der Waals surface area contributed by atoms with E-state index in [2.05, 4.69) is 15.8 Å². The fourth-order valence-corrected chi connectivity index (χ4v) is 6.21. The number of anilines is 1. The van der Waals surface area contributed by atoms with Crippen molar-refractivity contribution in [2.75, 3.05) is 24.7 Å². The monoisotopic (exact) mass is 534 g/mol. The molecule has 1 aliphatic carbocycles. The zero-order valence-electron chi connectivity index (χ0n) is 20.4. The Kier molecular flexibility index (Phi) is 6.57. The second kappa shape index (κ2) is 9.70. The highest BCUT2D eigenvalue weighted by molar-refractivity contribution is 7.88. The van der Waals surface area contributed by atoms with Crippen molar-refractivity contribution < 1.29 is 18.0 Å². The van der Waals surface area contributed by atoms with Crippen LogP contribution in [-0.4, -0.2) is 48.3 Å². The number of benzene rings is 2. The van der Waals surface area contributed by atoms with Gasteiger partial charge in [0.15, 0.2) is 0 Å². The van der Waals surface area contributed by atoms with Crippen molar-refractivity contribution in [1.29, 1.82) is 0 Å². The average Bonchev–Trinajstić information content (AvgIpc) is 3.55. The molecule has 2 heterocycles. The molecule has 2 aliphatic rings. The molecule has 1 aromatic heterocycles. The number of allylic oxidation sites excluding steroid dienone is 1. The molecule has 0 saturated carbocycles. The maximum absolute atomic E-state index is 12.6. The minimum Gasteiger partial charge on any atom is -0.366 e. The SMILES string of the molecule is Cc1c(NC(=O)c2cnsc2)cccc1-c1ccc(C(N)=O)c2c1C=C(C1=CCN(S(C)(=O)=O)CC1)C2. The number of fused-ring (bicyclic) bond motifs is 1. The van der Waals surface area contributed by atoms with Crippen molar-refractivity contribution in [2.45, 2.75) is 19.8 Å². The van der Waals surface area contributed by atoms with Crippen LogP contribution in [0.2, 0.25) is 0 Å². The van der Waals surface area contributed by atoms with E-state index < -0.39 is 15.9 Å². The number of aromatic nitrogens is 1. The van der Waals surface area contributed by atoms with Crippen molar-refractivity contribution in [1.82, 2.24) is 8.68 Å². The lowest BCUT2D eigenvalue weighted by atomic mass is 9.90. The van der Waals surface area contributed by atoms with E-state index in [4.69, 9.17) is 5.73 Å². The molecule has 3 N–H and O–H groups in total. The second-order valence-electron chi connectivity index (χ2n) is 9.21. The highest BCUT2D eigenvalue weighted by Gasteiger charge is 2.27. The first-order chi connectivity index (χ1) is 17.6. The summed E-state index contributed by atoms with van der Waals surface area (Å²) < 4.78 is 29.3. The van der Waals surface area contributed by atoms with E-state index in [0.717, 1.165) is 39.0 Å². The quantitative estimate of drug-likeness (QED) is 0.495. The largest absolute Gasteiger partial charge is 0.366 e. The molecule has 10 heteroatoms. The number of primary amides is 1. The summed E-state index contributed by atoms with van der Waals surface area (Å²) in [4.78, 5) is 24.9. The number of carbonyl (C=O) groups is 2. The summed E-state index contributed by atoms with van der Waals surface area (Å²) in [6.45, 7) is 2.71. The van der Waals surface area contributed by atoms with E-state index in [-0.39, 0.29) is 5.91 Å². The third-order valence-corrected chi connectivity index (χ3v) is 8.78. The number of sulfonamides is 1. The zero-order chi connectivity index (χ0) is 26.3. The first-order valence-corrected chi connectivity index (χ1v) is 14.4. The number of nitrogens with one attached hydrogen (secondary N) is 1. The highest BCUT2D eigenvalue weighted by atomic mass is 32.2. The van der Waals surface area contributed by atoms with Crippen LogP contribution in [-0.2, 0) is 16.4 Å². The van der Waals surface area contributed by atoms with Gasteiger partial charge in [-0.25, -0.2) is 12.8 Å². The molecule has 0 spiro atoms. The molecule has 2 aromatic carbocycles. The number of amides is 2. The first-order valence-electron chi connectivity index (χ1n) is 11.7. The van der Waals surface area contributed by atoms with E-state index in [1.807, 2.05) is 37.3 Å². The van der Waals surface area contributed by atoms with Crippen LogP contribution in [0, 0.1) is 6.92 Å². The van der Waals surface area contributed by atoms with Gasteiger partial charge in [0.25, 0.3) is 5.91 Å². The predicted octanol–water partition coefficient (Wildman–Crippen LogP) is 4.00. The summed E-state index contributed by atoms with van der Waals surface area (Å²) in [5.41, 5.74) is 14.1. The molecule has 1 aliphatic heterocycles. The van der Waals surface area contributed by atoms with Gasteiger partial charge in [0, 0.05) is 29.7 Å². The van der Waals surface area contributed by atoms with Crippen molar-refractivity contribution in [3.8, 4) is 11.1 Å². The van der Waals surface area contributed by atoms with Gasteiger partial charge in [0.2, 0.25) is 15.9 Å². The number of rotatable bonds is 6. The van der Waals surface area contributed by atoms with Gasteiger partial charge >= 0.3 is 0 Å². The van der Waals surface area contributed by atoms with Crippen LogP contribution >= 0.6 is 11.5 Å². The molecule has 0 bridgehead atoms. The third kappa shape index (κ3) is 4.87. The molecule has 8 nitrogen and oxygen atoms in total. The summed E-state index contributed by atoms with van der Waals surface area (Å²) in [5, 5.41) is 4.67. The van der Waals surface area contributed by atoms with Gasteiger partial charge in [0.05, 0.1) is 18.0 Å². The van der Waals surface area contributed by atoms with Crippen LogP contribution < -0.4 is 11.1 Å². The Hall–Kier alpha value is -3.60. The van der Waals surface area contributed by atoms with Crippen molar-refractivity contribution in [3.05, 3.63) is 86.9 Å². The van der Waals surface area contributed by atoms with Gasteiger partial charge in [-0.05, 0) is 82.4 Å². The van der Waals surface area contributed by atoms with E-state index in [0.29, 0.717) is 42.7 Å². The summed E-state index contributed by atoms with van der Waals surface area (Å²) in [7, 11) is -3.24. The lowest BCUT2D eigenvalue weighted by molar-refractivity contribution is 0.0997. The molecular weight excluding hydrogens is 508 g/mol. The molecule has 5 rings (SSSR count). The van der Waals surface area contributed by atoms with Gasteiger partial charge in [-0.2, -0.15) is 4.31 Å². The number of carbonyl (C=O) groups excluding carboxylic acids is 2. The molecule has 37 heavy (non-hydrogen) atoms. The summed E-state index contributed by atoms with van der Waals surface area (Å²) in [6.07, 6.45) is 7.94. The van der Waals surface area contributed by atoms with Crippen LogP contribution in [0.25, 0.3) is 17.2 Å². The van der Waals surface area contributed by atoms with Gasteiger partial charge in [-0.1, -0.05) is 30.4 Å². The molecule has 190 valence electrons. The molecule has 0 saturated heterocycles. The Balaban J connectivity index is 1.53. The van der Waals surface area contributed by atoms with Crippen LogP contribution in [0.3, 0.4) is 0 Å². The molecule has 0 radical (unpaired) electrons. The van der Waals surface area contributed by atoms with Crippen LogP contribution in [0.4, 0.5) is 5.69 Å². The fraction of sp³-hybridized carbons (Fsp3) is 0.222. The molecule has 2 amide bonds. The molecular formula is C27H26N4O4S2. The fourth-order valence-electron chi connectivity index (χ4n) is 4.93. The Morgan fingerprint density at radius 1 is 1.14 bits per heavy atom. The van der Waals surface area contributed by atoms with E-state index >= 15 is 0 Å². The van der Waals surface area contributed by atoms with Crippen molar-refractivity contribution in [3.63, 3.8) is 0 Å². The lowest BCUT2D eigenvalue weighted by Gasteiger charge is -2.24. The summed E-state index contributed by atoms with van der Waals surface area (Å²) in [5.74, 6) is -0.710. The molecule has 0 fully saturated rings. The van der Waals surface area contributed by atoms with Gasteiger partial charge in [-0.3, -0.25) is 9.59 Å². The van der Waals surface area contributed by atoms with Gasteiger partial charge in [0.1, 0.15) is 0 Å². The van der Waals surface area contributed by atoms with E-state index in [1.165, 1.54) is 28.3 Å². The Bertz CT molecular complexity index is 1590. The normalized spacial score (nSPS) is 15.6. The van der Waals surface area contributed by atoms with E-state index in [9.17, 15) is 18.0 Å². The molecule has 0 unspecified atom stereocenters. The number of nitrogens with zero attached hydrogens (tertiary/aromatic N) is 2. The number of nitrogens with two attached hydrogens (primary N) is 1. The Morgan fingerprint density at radius 3 is 2.59 bits per heavy atom. The second-order valence-corrected chi connectivity index (χ2v) is 11.8. The Morgan fingerprint density at radius 2 is 1.95 bits per heavy atom.